The van der Waals surface area contributed by atoms with Crippen molar-refractivity contribution >= 4 is 0 Å². The van der Waals surface area contributed by atoms with Crippen molar-refractivity contribution in [2.75, 3.05) is 13.7 Å². The lowest BCUT2D eigenvalue weighted by Crippen LogP contribution is -2.17. The Balaban J connectivity index is 2.03. The Hall–Kier alpha value is -1.02. The SMILES string of the molecule is COc1ccc([C@H]2CCCN2)c2c1CCCC2. The van der Waals surface area contributed by atoms with Gasteiger partial charge in [0.2, 0.25) is 0 Å². The Morgan fingerprint density at radius 1 is 1.12 bits per heavy atom. The van der Waals surface area contributed by atoms with Crippen LogP contribution in [0.1, 0.15) is 48.4 Å². The van der Waals surface area contributed by atoms with Gasteiger partial charge in [0.25, 0.3) is 0 Å². The van der Waals surface area contributed by atoms with Crippen LogP contribution in [-0.4, -0.2) is 13.7 Å². The summed E-state index contributed by atoms with van der Waals surface area (Å²) in [5.74, 6) is 1.10. The van der Waals surface area contributed by atoms with Crippen molar-refractivity contribution in [2.24, 2.45) is 0 Å². The fourth-order valence-electron chi connectivity index (χ4n) is 3.33. The van der Waals surface area contributed by atoms with Crippen LogP contribution < -0.4 is 10.1 Å². The summed E-state index contributed by atoms with van der Waals surface area (Å²) in [4.78, 5) is 0. The van der Waals surface area contributed by atoms with Gasteiger partial charge in [-0.05, 0) is 67.8 Å². The fourth-order valence-corrected chi connectivity index (χ4v) is 3.33. The quantitative estimate of drug-likeness (QED) is 0.845. The predicted molar refractivity (Wildman–Crippen MR) is 69.6 cm³/mol. The number of hydrogen-bond donors (Lipinski definition) is 1. The van der Waals surface area contributed by atoms with Gasteiger partial charge in [-0.3, -0.25) is 0 Å². The fraction of sp³-hybridized carbons (Fsp3) is 0.600. The molecule has 2 nitrogen and oxygen atoms in total. The first kappa shape index (κ1) is 11.1. The third kappa shape index (κ3) is 1.95. The molecule has 1 saturated heterocycles. The second kappa shape index (κ2) is 4.69. The summed E-state index contributed by atoms with van der Waals surface area (Å²) in [5, 5.41) is 3.62. The van der Waals surface area contributed by atoms with Gasteiger partial charge in [-0.1, -0.05) is 6.07 Å². The molecule has 1 aromatic carbocycles. The molecule has 92 valence electrons. The molecule has 2 heteroatoms. The van der Waals surface area contributed by atoms with Crippen molar-refractivity contribution in [3.05, 3.63) is 28.8 Å². The number of ether oxygens (including phenoxy) is 1. The van der Waals surface area contributed by atoms with Crippen LogP contribution in [0.25, 0.3) is 0 Å². The first-order chi connectivity index (χ1) is 8.40. The molecule has 1 aliphatic carbocycles. The van der Waals surface area contributed by atoms with Gasteiger partial charge in [-0.2, -0.15) is 0 Å². The molecule has 3 rings (SSSR count). The number of fused-ring (bicyclic) bond motifs is 1. The lowest BCUT2D eigenvalue weighted by molar-refractivity contribution is 0.405. The first-order valence-electron chi connectivity index (χ1n) is 6.82. The van der Waals surface area contributed by atoms with Gasteiger partial charge in [0, 0.05) is 6.04 Å². The normalized spacial score (nSPS) is 23.5. The van der Waals surface area contributed by atoms with Crippen LogP contribution in [0.2, 0.25) is 0 Å². The molecule has 0 unspecified atom stereocenters. The van der Waals surface area contributed by atoms with E-state index < -0.39 is 0 Å². The molecular formula is C15H21NO. The molecule has 0 saturated carbocycles. The van der Waals surface area contributed by atoms with Crippen LogP contribution in [-0.2, 0) is 12.8 Å². The van der Waals surface area contributed by atoms with Crippen LogP contribution in [0.4, 0.5) is 0 Å². The van der Waals surface area contributed by atoms with E-state index in [2.05, 4.69) is 17.4 Å². The Morgan fingerprint density at radius 3 is 2.65 bits per heavy atom. The first-order valence-corrected chi connectivity index (χ1v) is 6.82. The lowest BCUT2D eigenvalue weighted by Gasteiger charge is -2.24. The number of benzene rings is 1. The maximum Gasteiger partial charge on any atom is 0.122 e. The second-order valence-corrected chi connectivity index (χ2v) is 5.17. The number of methoxy groups -OCH3 is 1. The summed E-state index contributed by atoms with van der Waals surface area (Å²) in [6.45, 7) is 1.17. The van der Waals surface area contributed by atoms with Crippen LogP contribution in [0.5, 0.6) is 5.75 Å². The summed E-state index contributed by atoms with van der Waals surface area (Å²) in [6.07, 6.45) is 7.67. The monoisotopic (exact) mass is 231 g/mol. The average Bonchev–Trinajstić information content (AvgIpc) is 2.91. The molecule has 1 fully saturated rings. The number of nitrogens with one attached hydrogen (secondary N) is 1. The molecular weight excluding hydrogens is 210 g/mol. The van der Waals surface area contributed by atoms with E-state index in [9.17, 15) is 0 Å². The van der Waals surface area contributed by atoms with Crippen molar-refractivity contribution in [3.63, 3.8) is 0 Å². The van der Waals surface area contributed by atoms with Crippen LogP contribution in [0, 0.1) is 0 Å². The minimum Gasteiger partial charge on any atom is -0.496 e. The zero-order chi connectivity index (χ0) is 11.7. The highest BCUT2D eigenvalue weighted by Crippen LogP contribution is 2.36. The molecule has 17 heavy (non-hydrogen) atoms. The van der Waals surface area contributed by atoms with Crippen LogP contribution in [0.3, 0.4) is 0 Å². The van der Waals surface area contributed by atoms with Gasteiger partial charge >= 0.3 is 0 Å². The van der Waals surface area contributed by atoms with E-state index in [1.165, 1.54) is 56.2 Å². The van der Waals surface area contributed by atoms with Crippen LogP contribution >= 0.6 is 0 Å². The minimum absolute atomic E-state index is 0.591. The van der Waals surface area contributed by atoms with Gasteiger partial charge in [0.05, 0.1) is 7.11 Å². The smallest absolute Gasteiger partial charge is 0.122 e. The predicted octanol–water partition coefficient (Wildman–Crippen LogP) is 3.00. The summed E-state index contributed by atoms with van der Waals surface area (Å²) in [5.41, 5.74) is 4.60. The van der Waals surface area contributed by atoms with E-state index in [0.717, 1.165) is 5.75 Å². The third-order valence-electron chi connectivity index (χ3n) is 4.18. The van der Waals surface area contributed by atoms with Gasteiger partial charge in [0.15, 0.2) is 0 Å². The van der Waals surface area contributed by atoms with E-state index in [1.807, 2.05) is 0 Å². The van der Waals surface area contributed by atoms with Gasteiger partial charge in [-0.15, -0.1) is 0 Å². The number of hydrogen-bond acceptors (Lipinski definition) is 2. The highest BCUT2D eigenvalue weighted by molar-refractivity contribution is 5.47. The summed E-state index contributed by atoms with van der Waals surface area (Å²) < 4.78 is 5.51. The Labute approximate surface area is 103 Å². The molecule has 0 radical (unpaired) electrons. The second-order valence-electron chi connectivity index (χ2n) is 5.17. The molecule has 0 spiro atoms. The largest absolute Gasteiger partial charge is 0.496 e. The van der Waals surface area contributed by atoms with E-state index in [-0.39, 0.29) is 0 Å². The minimum atomic E-state index is 0.591. The molecule has 2 aliphatic rings. The third-order valence-corrected chi connectivity index (χ3v) is 4.18. The summed E-state index contributed by atoms with van der Waals surface area (Å²) >= 11 is 0. The molecule has 0 amide bonds. The molecule has 0 bridgehead atoms. The van der Waals surface area contributed by atoms with Crippen molar-refractivity contribution in [1.29, 1.82) is 0 Å². The molecule has 1 aliphatic heterocycles. The molecule has 1 N–H and O–H groups in total. The molecule has 0 aromatic heterocycles. The van der Waals surface area contributed by atoms with Gasteiger partial charge in [-0.25, -0.2) is 0 Å². The zero-order valence-corrected chi connectivity index (χ0v) is 10.6. The van der Waals surface area contributed by atoms with E-state index in [1.54, 1.807) is 12.7 Å². The van der Waals surface area contributed by atoms with Crippen molar-refractivity contribution < 1.29 is 4.74 Å². The molecule has 1 aromatic rings. The summed E-state index contributed by atoms with van der Waals surface area (Å²) in [7, 11) is 1.79. The zero-order valence-electron chi connectivity index (χ0n) is 10.6. The van der Waals surface area contributed by atoms with E-state index >= 15 is 0 Å². The van der Waals surface area contributed by atoms with E-state index in [0.29, 0.717) is 6.04 Å². The van der Waals surface area contributed by atoms with Crippen molar-refractivity contribution in [1.82, 2.24) is 5.32 Å². The number of rotatable bonds is 2. The van der Waals surface area contributed by atoms with Gasteiger partial charge in [0.1, 0.15) is 5.75 Å². The van der Waals surface area contributed by atoms with Crippen molar-refractivity contribution in [2.45, 2.75) is 44.6 Å². The highest BCUT2D eigenvalue weighted by Gasteiger charge is 2.24. The maximum atomic E-state index is 5.51. The highest BCUT2D eigenvalue weighted by atomic mass is 16.5. The lowest BCUT2D eigenvalue weighted by atomic mass is 9.85. The molecule has 1 heterocycles. The summed E-state index contributed by atoms with van der Waals surface area (Å²) in [6, 6.07) is 5.04. The van der Waals surface area contributed by atoms with E-state index in [4.69, 9.17) is 4.74 Å². The van der Waals surface area contributed by atoms with Gasteiger partial charge < -0.3 is 10.1 Å². The standard InChI is InChI=1S/C15H21NO/c1-17-15-9-8-12(14-7-4-10-16-14)11-5-2-3-6-13(11)15/h8-9,14,16H,2-7,10H2,1H3/t14-/m1/s1. The Kier molecular flexibility index (Phi) is 3.06. The Bertz CT molecular complexity index is 408. The average molecular weight is 231 g/mol. The maximum absolute atomic E-state index is 5.51. The Morgan fingerprint density at radius 2 is 1.94 bits per heavy atom. The molecule has 1 atom stereocenters. The van der Waals surface area contributed by atoms with Crippen molar-refractivity contribution in [3.8, 4) is 5.75 Å². The topological polar surface area (TPSA) is 21.3 Å². The van der Waals surface area contributed by atoms with Crippen LogP contribution in [0.15, 0.2) is 12.1 Å².